The lowest BCUT2D eigenvalue weighted by molar-refractivity contribution is -0.0182. The Morgan fingerprint density at radius 3 is 2.88 bits per heavy atom. The van der Waals surface area contributed by atoms with Crippen LogP contribution in [0.25, 0.3) is 0 Å². The summed E-state index contributed by atoms with van der Waals surface area (Å²) in [5, 5.41) is 3.62. The molecule has 1 aliphatic rings. The third-order valence-corrected chi connectivity index (χ3v) is 5.42. The van der Waals surface area contributed by atoms with Crippen LogP contribution in [0.4, 0.5) is 0 Å². The highest BCUT2D eigenvalue weighted by molar-refractivity contribution is 7.84. The van der Waals surface area contributed by atoms with Gasteiger partial charge in [0.1, 0.15) is 11.9 Å². The maximum Gasteiger partial charge on any atom is 0.139 e. The Morgan fingerprint density at radius 1 is 1.38 bits per heavy atom. The van der Waals surface area contributed by atoms with E-state index in [1.807, 2.05) is 36.7 Å². The van der Waals surface area contributed by atoms with E-state index in [2.05, 4.69) is 21.8 Å². The molecule has 0 unspecified atom stereocenters. The summed E-state index contributed by atoms with van der Waals surface area (Å²) < 4.78 is 19.6. The third-order valence-electron chi connectivity index (χ3n) is 4.49. The Balaban J connectivity index is 1.67. The summed E-state index contributed by atoms with van der Waals surface area (Å²) in [5.41, 5.74) is 1.19. The molecule has 1 aliphatic heterocycles. The van der Waals surface area contributed by atoms with Crippen LogP contribution in [0.3, 0.4) is 0 Å². The van der Waals surface area contributed by atoms with Crippen LogP contribution in [0, 0.1) is 0 Å². The molecule has 2 heterocycles. The van der Waals surface area contributed by atoms with Gasteiger partial charge in [-0.1, -0.05) is 12.1 Å². The number of hydrogen-bond acceptors (Lipinski definition) is 4. The van der Waals surface area contributed by atoms with E-state index in [0.717, 1.165) is 43.3 Å². The van der Waals surface area contributed by atoms with Crippen molar-refractivity contribution in [2.24, 2.45) is 0 Å². The van der Waals surface area contributed by atoms with Crippen LogP contribution in [0.15, 0.2) is 41.6 Å². The first-order valence-electron chi connectivity index (χ1n) is 8.47. The van der Waals surface area contributed by atoms with Crippen molar-refractivity contribution >= 4 is 10.8 Å². The predicted octanol–water partition coefficient (Wildman–Crippen LogP) is 2.65. The Hall–Kier alpha value is -1.50. The zero-order chi connectivity index (χ0) is 16.9. The van der Waals surface area contributed by atoms with Crippen molar-refractivity contribution in [1.82, 2.24) is 14.9 Å². The lowest BCUT2D eigenvalue weighted by Gasteiger charge is -2.32. The van der Waals surface area contributed by atoms with Crippen LogP contribution in [0.2, 0.25) is 0 Å². The maximum atomic E-state index is 11.5. The second-order valence-electron chi connectivity index (χ2n) is 6.09. The van der Waals surface area contributed by atoms with Gasteiger partial charge in [-0.2, -0.15) is 0 Å². The van der Waals surface area contributed by atoms with Crippen molar-refractivity contribution in [3.63, 3.8) is 0 Å². The number of hydrogen-bond donors (Lipinski definition) is 1. The summed E-state index contributed by atoms with van der Waals surface area (Å²) in [6.45, 7) is 4.58. The lowest BCUT2D eigenvalue weighted by atomic mass is 10.0. The molecule has 5 nitrogen and oxygen atoms in total. The number of ether oxygens (including phenoxy) is 1. The van der Waals surface area contributed by atoms with Crippen molar-refractivity contribution in [3.05, 3.63) is 48.0 Å². The second kappa shape index (κ2) is 8.05. The monoisotopic (exact) mass is 347 g/mol. The van der Waals surface area contributed by atoms with Gasteiger partial charge in [0.2, 0.25) is 0 Å². The molecule has 130 valence electrons. The number of nitrogens with zero attached hydrogens (tertiary/aromatic N) is 2. The van der Waals surface area contributed by atoms with Crippen LogP contribution in [-0.4, -0.2) is 32.7 Å². The molecule has 3 atom stereocenters. The Bertz CT molecular complexity index is 684. The minimum atomic E-state index is -0.927. The van der Waals surface area contributed by atoms with Gasteiger partial charge in [-0.15, -0.1) is 0 Å². The zero-order valence-electron chi connectivity index (χ0n) is 14.3. The van der Waals surface area contributed by atoms with Crippen molar-refractivity contribution in [2.75, 3.05) is 12.9 Å². The molecule has 1 fully saturated rings. The molecule has 0 aliphatic carbocycles. The van der Waals surface area contributed by atoms with Crippen LogP contribution >= 0.6 is 0 Å². The fourth-order valence-corrected chi connectivity index (χ4v) is 3.66. The van der Waals surface area contributed by atoms with Gasteiger partial charge in [0.05, 0.1) is 0 Å². The fourth-order valence-electron chi connectivity index (χ4n) is 3.14. The summed E-state index contributed by atoms with van der Waals surface area (Å²) in [6, 6.07) is 8.20. The Kier molecular flexibility index (Phi) is 5.81. The quantitative estimate of drug-likeness (QED) is 0.873. The lowest BCUT2D eigenvalue weighted by Crippen LogP contribution is -2.40. The third kappa shape index (κ3) is 3.94. The molecular formula is C18H25N3O2S. The van der Waals surface area contributed by atoms with Crippen molar-refractivity contribution < 1.29 is 8.95 Å². The van der Waals surface area contributed by atoms with Gasteiger partial charge < -0.3 is 14.6 Å². The number of imidazole rings is 1. The average molecular weight is 347 g/mol. The van der Waals surface area contributed by atoms with Gasteiger partial charge in [0.25, 0.3) is 0 Å². The smallest absolute Gasteiger partial charge is 0.139 e. The molecular weight excluding hydrogens is 322 g/mol. The van der Waals surface area contributed by atoms with E-state index >= 15 is 0 Å². The SMILES string of the molecule is CCn1ccnc1[C@H]1OCCC[C@@H]1NCc1ccc([S@@](C)=O)cc1. The largest absolute Gasteiger partial charge is 0.369 e. The van der Waals surface area contributed by atoms with Gasteiger partial charge in [-0.25, -0.2) is 4.98 Å². The number of aromatic nitrogens is 2. The Labute approximate surface area is 145 Å². The second-order valence-corrected chi connectivity index (χ2v) is 7.47. The van der Waals surface area contributed by atoms with Gasteiger partial charge in [0, 0.05) is 60.1 Å². The molecule has 0 saturated carbocycles. The van der Waals surface area contributed by atoms with E-state index in [9.17, 15) is 4.21 Å². The van der Waals surface area contributed by atoms with Crippen LogP contribution in [0.1, 0.15) is 37.3 Å². The first kappa shape index (κ1) is 17.3. The summed E-state index contributed by atoms with van der Waals surface area (Å²) in [6.07, 6.45) is 7.70. The molecule has 1 aromatic heterocycles. The minimum absolute atomic E-state index is 0.00359. The summed E-state index contributed by atoms with van der Waals surface area (Å²) >= 11 is 0. The first-order chi connectivity index (χ1) is 11.7. The van der Waals surface area contributed by atoms with Crippen LogP contribution in [-0.2, 0) is 28.6 Å². The molecule has 0 bridgehead atoms. The highest BCUT2D eigenvalue weighted by atomic mass is 32.2. The van der Waals surface area contributed by atoms with E-state index in [-0.39, 0.29) is 12.1 Å². The molecule has 0 radical (unpaired) electrons. The van der Waals surface area contributed by atoms with Crippen molar-refractivity contribution in [2.45, 2.75) is 49.9 Å². The summed E-state index contributed by atoms with van der Waals surface area (Å²) in [7, 11) is -0.927. The standard InChI is InChI=1S/C18H25N3O2S/c1-3-21-11-10-19-18(21)17-16(5-4-12-23-17)20-13-14-6-8-15(9-7-14)24(2)22/h6-11,16-17,20H,3-5,12-13H2,1-2H3/t16-,17-,24+/m0/s1. The van der Waals surface area contributed by atoms with E-state index in [1.54, 1.807) is 6.26 Å². The highest BCUT2D eigenvalue weighted by Gasteiger charge is 2.30. The van der Waals surface area contributed by atoms with E-state index in [1.165, 1.54) is 5.56 Å². The first-order valence-corrected chi connectivity index (χ1v) is 10.0. The topological polar surface area (TPSA) is 56.1 Å². The highest BCUT2D eigenvalue weighted by Crippen LogP contribution is 2.27. The van der Waals surface area contributed by atoms with Gasteiger partial charge in [-0.05, 0) is 37.5 Å². The number of rotatable bonds is 6. The minimum Gasteiger partial charge on any atom is -0.369 e. The van der Waals surface area contributed by atoms with E-state index in [4.69, 9.17) is 4.74 Å². The number of nitrogens with one attached hydrogen (secondary N) is 1. The van der Waals surface area contributed by atoms with Crippen LogP contribution in [0.5, 0.6) is 0 Å². The number of benzene rings is 1. The normalized spacial score (nSPS) is 22.4. The molecule has 0 amide bonds. The van der Waals surface area contributed by atoms with Crippen molar-refractivity contribution in [1.29, 1.82) is 0 Å². The molecule has 2 aromatic rings. The van der Waals surface area contributed by atoms with Gasteiger partial charge >= 0.3 is 0 Å². The van der Waals surface area contributed by atoms with E-state index < -0.39 is 10.8 Å². The zero-order valence-corrected chi connectivity index (χ0v) is 15.1. The summed E-state index contributed by atoms with van der Waals surface area (Å²) in [4.78, 5) is 5.37. The molecule has 1 saturated heterocycles. The van der Waals surface area contributed by atoms with Gasteiger partial charge in [-0.3, -0.25) is 4.21 Å². The molecule has 0 spiro atoms. The predicted molar refractivity (Wildman–Crippen MR) is 95.2 cm³/mol. The van der Waals surface area contributed by atoms with E-state index in [0.29, 0.717) is 0 Å². The number of aryl methyl sites for hydroxylation is 1. The summed E-state index contributed by atoms with van der Waals surface area (Å²) in [5.74, 6) is 1.01. The molecule has 3 rings (SSSR count). The molecule has 6 heteroatoms. The Morgan fingerprint density at radius 2 is 2.17 bits per heavy atom. The van der Waals surface area contributed by atoms with Crippen LogP contribution < -0.4 is 5.32 Å². The average Bonchev–Trinajstić information content (AvgIpc) is 3.09. The fraction of sp³-hybridized carbons (Fsp3) is 0.500. The molecule has 24 heavy (non-hydrogen) atoms. The maximum absolute atomic E-state index is 11.5. The van der Waals surface area contributed by atoms with Crippen molar-refractivity contribution in [3.8, 4) is 0 Å². The molecule has 1 aromatic carbocycles. The molecule has 1 N–H and O–H groups in total. The van der Waals surface area contributed by atoms with Gasteiger partial charge in [0.15, 0.2) is 0 Å².